The molecule has 1 fully saturated rings. The van der Waals surface area contributed by atoms with Gasteiger partial charge in [0.1, 0.15) is 5.82 Å². The van der Waals surface area contributed by atoms with Gasteiger partial charge in [-0.2, -0.15) is 13.2 Å². The van der Waals surface area contributed by atoms with Crippen LogP contribution in [0.2, 0.25) is 0 Å². The molecular weight excluding hydrogens is 425 g/mol. The molecule has 0 spiro atoms. The molecule has 1 N–H and O–H groups in total. The molecule has 32 heavy (non-hydrogen) atoms. The van der Waals surface area contributed by atoms with Crippen molar-refractivity contribution in [2.45, 2.75) is 51.9 Å². The summed E-state index contributed by atoms with van der Waals surface area (Å²) in [4.78, 5) is 35.2. The molecular formula is C22H23F3N4O3. The number of anilines is 1. The number of nitrogens with zero attached hydrogens (tertiary/aromatic N) is 3. The molecule has 10 heteroatoms. The first-order valence-electron chi connectivity index (χ1n) is 10.4. The van der Waals surface area contributed by atoms with Gasteiger partial charge in [-0.1, -0.05) is 0 Å². The Morgan fingerprint density at radius 3 is 2.72 bits per heavy atom. The summed E-state index contributed by atoms with van der Waals surface area (Å²) in [7, 11) is 0. The average molecular weight is 448 g/mol. The summed E-state index contributed by atoms with van der Waals surface area (Å²) in [6, 6.07) is 2.93. The summed E-state index contributed by atoms with van der Waals surface area (Å²) in [5.41, 5.74) is 2.24. The Hall–Kier alpha value is -3.17. The Balaban J connectivity index is 1.49. The predicted molar refractivity (Wildman–Crippen MR) is 109 cm³/mol. The fraction of sp³-hybridized carbons (Fsp3) is 0.455. The van der Waals surface area contributed by atoms with Crippen LogP contribution in [0.1, 0.15) is 59.3 Å². The van der Waals surface area contributed by atoms with Gasteiger partial charge in [0.2, 0.25) is 11.8 Å². The number of aryl methyl sites for hydroxylation is 1. The van der Waals surface area contributed by atoms with Crippen LogP contribution in [0.5, 0.6) is 5.88 Å². The number of hydrogen-bond donors (Lipinski definition) is 1. The molecule has 1 aliphatic heterocycles. The standard InChI is InChI=1S/C22H23F3N4O3/c1-12-7-15(9-27-20(12)32-11-22(23,24)25)10-29-13(2)18-16(21(29)31)5-6-26-19(18)28-17(30)8-14-3-4-14/h5-7,9,13-14H,3-4,8,10-11H2,1-2H3,(H,26,28,30). The molecule has 0 saturated heterocycles. The highest BCUT2D eigenvalue weighted by Gasteiger charge is 2.37. The van der Waals surface area contributed by atoms with Crippen molar-refractivity contribution in [3.8, 4) is 5.88 Å². The second-order valence-corrected chi connectivity index (χ2v) is 8.29. The number of amides is 2. The number of halogens is 3. The van der Waals surface area contributed by atoms with Crippen molar-refractivity contribution < 1.29 is 27.5 Å². The maximum absolute atomic E-state index is 13.0. The molecule has 1 atom stereocenters. The van der Waals surface area contributed by atoms with Crippen LogP contribution < -0.4 is 10.1 Å². The zero-order chi connectivity index (χ0) is 23.0. The second kappa shape index (κ2) is 8.40. The van der Waals surface area contributed by atoms with Crippen LogP contribution in [0.15, 0.2) is 24.5 Å². The Labute approximate surface area is 183 Å². The van der Waals surface area contributed by atoms with Gasteiger partial charge in [0, 0.05) is 36.5 Å². The predicted octanol–water partition coefficient (Wildman–Crippen LogP) is 4.18. The minimum Gasteiger partial charge on any atom is -0.468 e. The average Bonchev–Trinajstić information content (AvgIpc) is 3.49. The smallest absolute Gasteiger partial charge is 0.422 e. The zero-order valence-electron chi connectivity index (χ0n) is 17.7. The van der Waals surface area contributed by atoms with Gasteiger partial charge < -0.3 is 15.0 Å². The molecule has 2 aromatic rings. The molecule has 4 rings (SSSR count). The Kier molecular flexibility index (Phi) is 5.79. The lowest BCUT2D eigenvalue weighted by atomic mass is 10.1. The molecule has 2 aromatic heterocycles. The van der Waals surface area contributed by atoms with Gasteiger partial charge in [0.25, 0.3) is 5.91 Å². The van der Waals surface area contributed by atoms with Crippen LogP contribution in [0, 0.1) is 12.8 Å². The summed E-state index contributed by atoms with van der Waals surface area (Å²) in [5.74, 6) is 0.409. The van der Waals surface area contributed by atoms with Gasteiger partial charge in [-0.3, -0.25) is 9.59 Å². The van der Waals surface area contributed by atoms with E-state index in [2.05, 4.69) is 15.3 Å². The lowest BCUT2D eigenvalue weighted by molar-refractivity contribution is -0.154. The van der Waals surface area contributed by atoms with Crippen molar-refractivity contribution in [2.24, 2.45) is 5.92 Å². The number of nitrogens with one attached hydrogen (secondary N) is 1. The van der Waals surface area contributed by atoms with Crippen molar-refractivity contribution in [1.29, 1.82) is 0 Å². The van der Waals surface area contributed by atoms with Crippen molar-refractivity contribution in [3.63, 3.8) is 0 Å². The lowest BCUT2D eigenvalue weighted by Crippen LogP contribution is -2.26. The van der Waals surface area contributed by atoms with Crippen LogP contribution >= 0.6 is 0 Å². The van der Waals surface area contributed by atoms with E-state index >= 15 is 0 Å². The van der Waals surface area contributed by atoms with E-state index in [0.717, 1.165) is 12.8 Å². The van der Waals surface area contributed by atoms with E-state index in [-0.39, 0.29) is 30.3 Å². The minimum atomic E-state index is -4.45. The monoisotopic (exact) mass is 448 g/mol. The van der Waals surface area contributed by atoms with Crippen molar-refractivity contribution in [3.05, 3.63) is 46.8 Å². The fourth-order valence-corrected chi connectivity index (χ4v) is 3.85. The van der Waals surface area contributed by atoms with Gasteiger partial charge in [0.15, 0.2) is 6.61 Å². The Bertz CT molecular complexity index is 1050. The number of pyridine rings is 2. The van der Waals surface area contributed by atoms with Gasteiger partial charge in [-0.15, -0.1) is 0 Å². The number of carbonyl (C=O) groups is 2. The molecule has 0 aromatic carbocycles. The number of ether oxygens (including phenoxy) is 1. The molecule has 0 bridgehead atoms. The zero-order valence-corrected chi connectivity index (χ0v) is 17.7. The van der Waals surface area contributed by atoms with Crippen molar-refractivity contribution >= 4 is 17.6 Å². The van der Waals surface area contributed by atoms with Gasteiger partial charge in [-0.05, 0) is 50.3 Å². The maximum atomic E-state index is 13.0. The van der Waals surface area contributed by atoms with Crippen molar-refractivity contribution in [2.75, 3.05) is 11.9 Å². The molecule has 2 amide bonds. The van der Waals surface area contributed by atoms with E-state index in [0.29, 0.717) is 40.4 Å². The molecule has 3 heterocycles. The third-order valence-corrected chi connectivity index (χ3v) is 5.61. The topological polar surface area (TPSA) is 84.4 Å². The van der Waals surface area contributed by atoms with E-state index in [1.165, 1.54) is 12.4 Å². The first kappa shape index (κ1) is 22.0. The van der Waals surface area contributed by atoms with E-state index < -0.39 is 12.8 Å². The van der Waals surface area contributed by atoms with E-state index in [1.807, 2.05) is 6.92 Å². The largest absolute Gasteiger partial charge is 0.468 e. The number of rotatable bonds is 7. The highest BCUT2D eigenvalue weighted by Crippen LogP contribution is 2.39. The summed E-state index contributed by atoms with van der Waals surface area (Å²) < 4.78 is 41.9. The van der Waals surface area contributed by atoms with E-state index in [9.17, 15) is 22.8 Å². The SMILES string of the molecule is Cc1cc(CN2C(=O)c3ccnc(NC(=O)CC4CC4)c3C2C)cnc1OCC(F)(F)F. The van der Waals surface area contributed by atoms with Gasteiger partial charge in [-0.25, -0.2) is 9.97 Å². The summed E-state index contributed by atoms with van der Waals surface area (Å²) in [5, 5.41) is 2.84. The molecule has 1 aliphatic carbocycles. The van der Waals surface area contributed by atoms with Crippen LogP contribution in [0.3, 0.4) is 0 Å². The molecule has 2 aliphatic rings. The summed E-state index contributed by atoms with van der Waals surface area (Å²) >= 11 is 0. The normalized spacial score (nSPS) is 18.0. The minimum absolute atomic E-state index is 0.0972. The number of fused-ring (bicyclic) bond motifs is 1. The first-order valence-corrected chi connectivity index (χ1v) is 10.4. The van der Waals surface area contributed by atoms with Crippen LogP contribution in [-0.4, -0.2) is 39.5 Å². The fourth-order valence-electron chi connectivity index (χ4n) is 3.85. The van der Waals surface area contributed by atoms with Gasteiger partial charge >= 0.3 is 6.18 Å². The third-order valence-electron chi connectivity index (χ3n) is 5.61. The van der Waals surface area contributed by atoms with Crippen LogP contribution in [-0.2, 0) is 11.3 Å². The quantitative estimate of drug-likeness (QED) is 0.687. The number of carbonyl (C=O) groups excluding carboxylic acids is 2. The summed E-state index contributed by atoms with van der Waals surface area (Å²) in [6.07, 6.45) is 1.02. The Morgan fingerprint density at radius 2 is 2.06 bits per heavy atom. The van der Waals surface area contributed by atoms with Crippen molar-refractivity contribution in [1.82, 2.24) is 14.9 Å². The number of hydrogen-bond acceptors (Lipinski definition) is 5. The number of alkyl halides is 3. The highest BCUT2D eigenvalue weighted by atomic mass is 19.4. The molecule has 1 unspecified atom stereocenters. The Morgan fingerprint density at radius 1 is 1.31 bits per heavy atom. The molecule has 170 valence electrons. The lowest BCUT2D eigenvalue weighted by Gasteiger charge is -2.23. The molecule has 1 saturated carbocycles. The van der Waals surface area contributed by atoms with E-state index in [4.69, 9.17) is 4.74 Å². The first-order chi connectivity index (χ1) is 15.1. The highest BCUT2D eigenvalue weighted by molar-refractivity contribution is 6.02. The second-order valence-electron chi connectivity index (χ2n) is 8.29. The maximum Gasteiger partial charge on any atom is 0.422 e. The van der Waals surface area contributed by atoms with E-state index in [1.54, 1.807) is 24.0 Å². The molecule has 0 radical (unpaired) electrons. The van der Waals surface area contributed by atoms with Crippen LogP contribution in [0.25, 0.3) is 0 Å². The summed E-state index contributed by atoms with van der Waals surface area (Å²) in [6.45, 7) is 2.24. The van der Waals surface area contributed by atoms with Gasteiger partial charge in [0.05, 0.1) is 11.6 Å². The number of aromatic nitrogens is 2. The van der Waals surface area contributed by atoms with Crippen LogP contribution in [0.4, 0.5) is 19.0 Å². The third kappa shape index (κ3) is 4.84. The molecule has 7 nitrogen and oxygen atoms in total.